The number of urea groups is 1. The van der Waals surface area contributed by atoms with Gasteiger partial charge in [-0.2, -0.15) is 4.31 Å². The summed E-state index contributed by atoms with van der Waals surface area (Å²) in [6, 6.07) is 13.1. The molecule has 1 aliphatic heterocycles. The lowest BCUT2D eigenvalue weighted by molar-refractivity contribution is 0.172. The first kappa shape index (κ1) is 21.6. The maximum atomic E-state index is 13.0. The van der Waals surface area contributed by atoms with Crippen LogP contribution in [0.3, 0.4) is 0 Å². The molecule has 0 spiro atoms. The number of amides is 2. The highest BCUT2D eigenvalue weighted by molar-refractivity contribution is 7.89. The topological polar surface area (TPSA) is 79.0 Å². The smallest absolute Gasteiger partial charge is 0.317 e. The molecule has 0 saturated carbocycles. The Morgan fingerprint density at radius 3 is 2.42 bits per heavy atom. The second kappa shape index (κ2) is 9.28. The van der Waals surface area contributed by atoms with Crippen LogP contribution in [0, 0.1) is 0 Å². The molecule has 0 unspecified atom stereocenters. The third kappa shape index (κ3) is 4.85. The number of methoxy groups -OCH3 is 1. The summed E-state index contributed by atoms with van der Waals surface area (Å²) in [4.78, 5) is 14.5. The molecule has 31 heavy (non-hydrogen) atoms. The summed E-state index contributed by atoms with van der Waals surface area (Å²) in [5.74, 6) is 0.806. The molecule has 0 atom stereocenters. The number of sulfonamides is 1. The molecule has 2 aliphatic rings. The van der Waals surface area contributed by atoms with Crippen LogP contribution in [-0.4, -0.2) is 63.5 Å². The van der Waals surface area contributed by atoms with Crippen LogP contribution < -0.4 is 10.1 Å². The Hall–Kier alpha value is -2.58. The molecule has 2 amide bonds. The van der Waals surface area contributed by atoms with Crippen molar-refractivity contribution in [3.8, 4) is 5.75 Å². The van der Waals surface area contributed by atoms with Gasteiger partial charge in [-0.05, 0) is 66.6 Å². The van der Waals surface area contributed by atoms with Gasteiger partial charge in [0.1, 0.15) is 5.75 Å². The number of carbonyl (C=O) groups excluding carboxylic acids is 1. The molecule has 1 heterocycles. The molecule has 166 valence electrons. The molecule has 8 heteroatoms. The number of hydrogen-bond acceptors (Lipinski definition) is 4. The van der Waals surface area contributed by atoms with Crippen molar-refractivity contribution in [1.82, 2.24) is 14.5 Å². The van der Waals surface area contributed by atoms with Crippen LogP contribution in [0.1, 0.15) is 23.1 Å². The number of rotatable bonds is 6. The summed E-state index contributed by atoms with van der Waals surface area (Å²) in [5, 5.41) is 2.93. The Morgan fingerprint density at radius 1 is 1.00 bits per heavy atom. The van der Waals surface area contributed by atoms with E-state index in [-0.39, 0.29) is 6.03 Å². The highest BCUT2D eigenvalue weighted by Crippen LogP contribution is 2.26. The van der Waals surface area contributed by atoms with E-state index in [0.29, 0.717) is 37.6 Å². The van der Waals surface area contributed by atoms with Crippen LogP contribution >= 0.6 is 0 Å². The van der Waals surface area contributed by atoms with E-state index >= 15 is 0 Å². The van der Waals surface area contributed by atoms with E-state index in [4.69, 9.17) is 4.74 Å². The number of carbonyl (C=O) groups is 1. The van der Waals surface area contributed by atoms with E-state index in [1.165, 1.54) is 9.87 Å². The molecule has 1 saturated heterocycles. The van der Waals surface area contributed by atoms with Crippen LogP contribution in [0.5, 0.6) is 5.75 Å². The van der Waals surface area contributed by atoms with Crippen molar-refractivity contribution in [1.29, 1.82) is 0 Å². The lowest BCUT2D eigenvalue weighted by Gasteiger charge is -2.34. The third-order valence-electron chi connectivity index (χ3n) is 6.08. The Bertz CT molecular complexity index is 1030. The first-order valence-corrected chi connectivity index (χ1v) is 12.2. The van der Waals surface area contributed by atoms with Gasteiger partial charge >= 0.3 is 6.03 Å². The Kier molecular flexibility index (Phi) is 6.48. The van der Waals surface area contributed by atoms with Gasteiger partial charge in [-0.15, -0.1) is 0 Å². The first-order chi connectivity index (χ1) is 15.0. The molecule has 0 bridgehead atoms. The average Bonchev–Trinajstić information content (AvgIpc) is 3.27. The van der Waals surface area contributed by atoms with Crippen molar-refractivity contribution in [2.45, 2.75) is 30.6 Å². The molecule has 7 nitrogen and oxygen atoms in total. The van der Waals surface area contributed by atoms with Gasteiger partial charge < -0.3 is 15.0 Å². The molecule has 2 aromatic carbocycles. The molecule has 1 fully saturated rings. The van der Waals surface area contributed by atoms with Gasteiger partial charge in [0.05, 0.1) is 12.0 Å². The predicted octanol–water partition coefficient (Wildman–Crippen LogP) is 2.44. The zero-order valence-electron chi connectivity index (χ0n) is 17.8. The maximum absolute atomic E-state index is 13.0. The van der Waals surface area contributed by atoms with Crippen LogP contribution in [0.4, 0.5) is 4.79 Å². The van der Waals surface area contributed by atoms with Gasteiger partial charge in [-0.3, -0.25) is 0 Å². The van der Waals surface area contributed by atoms with Crippen molar-refractivity contribution in [3.63, 3.8) is 0 Å². The highest BCUT2D eigenvalue weighted by atomic mass is 32.2. The summed E-state index contributed by atoms with van der Waals surface area (Å²) in [7, 11) is -1.90. The third-order valence-corrected chi connectivity index (χ3v) is 7.98. The van der Waals surface area contributed by atoms with Gasteiger partial charge in [0.2, 0.25) is 10.0 Å². The standard InChI is InChI=1S/C23H29N3O4S/c1-30-21-8-5-18(6-9-21)11-12-24-23(27)25-13-15-26(16-14-25)31(28,29)22-10-7-19-3-2-4-20(19)17-22/h5-10,17H,2-4,11-16H2,1H3,(H,24,27). The molecule has 2 aromatic rings. The molecule has 0 aromatic heterocycles. The number of nitrogens with zero attached hydrogens (tertiary/aromatic N) is 2. The van der Waals surface area contributed by atoms with Crippen LogP contribution in [0.15, 0.2) is 47.4 Å². The maximum Gasteiger partial charge on any atom is 0.317 e. The second-order valence-electron chi connectivity index (χ2n) is 8.01. The molecule has 1 N–H and O–H groups in total. The SMILES string of the molecule is COc1ccc(CCNC(=O)N2CCN(S(=O)(=O)c3ccc4c(c3)CCC4)CC2)cc1. The second-order valence-corrected chi connectivity index (χ2v) is 9.94. The lowest BCUT2D eigenvalue weighted by atomic mass is 10.1. The van der Waals surface area contributed by atoms with Crippen LogP contribution in [0.25, 0.3) is 0 Å². The number of aryl methyl sites for hydroxylation is 2. The summed E-state index contributed by atoms with van der Waals surface area (Å²) in [6.45, 7) is 1.92. The van der Waals surface area contributed by atoms with Crippen molar-refractivity contribution in [2.75, 3.05) is 39.8 Å². The van der Waals surface area contributed by atoms with Crippen molar-refractivity contribution < 1.29 is 17.9 Å². The fraction of sp³-hybridized carbons (Fsp3) is 0.435. The summed E-state index contributed by atoms with van der Waals surface area (Å²) < 4.78 is 32.7. The average molecular weight is 444 g/mol. The van der Waals surface area contributed by atoms with Gasteiger partial charge in [-0.25, -0.2) is 13.2 Å². The van der Waals surface area contributed by atoms with E-state index in [0.717, 1.165) is 42.6 Å². The zero-order valence-corrected chi connectivity index (χ0v) is 18.7. The van der Waals surface area contributed by atoms with Crippen molar-refractivity contribution >= 4 is 16.1 Å². The number of piperazine rings is 1. The monoisotopic (exact) mass is 443 g/mol. The minimum atomic E-state index is -3.53. The number of ether oxygens (including phenoxy) is 1. The predicted molar refractivity (Wildman–Crippen MR) is 119 cm³/mol. The molecule has 4 rings (SSSR count). The van der Waals surface area contributed by atoms with Crippen LogP contribution in [-0.2, 0) is 29.3 Å². The Balaban J connectivity index is 1.27. The Morgan fingerprint density at radius 2 is 1.71 bits per heavy atom. The van der Waals surface area contributed by atoms with E-state index in [1.807, 2.05) is 36.4 Å². The first-order valence-electron chi connectivity index (χ1n) is 10.7. The number of fused-ring (bicyclic) bond motifs is 1. The van der Waals surface area contributed by atoms with E-state index in [9.17, 15) is 13.2 Å². The normalized spacial score (nSPS) is 16.7. The zero-order chi connectivity index (χ0) is 21.8. The van der Waals surface area contributed by atoms with E-state index in [1.54, 1.807) is 18.1 Å². The van der Waals surface area contributed by atoms with Gasteiger partial charge in [0, 0.05) is 32.7 Å². The summed E-state index contributed by atoms with van der Waals surface area (Å²) in [5.41, 5.74) is 3.53. The lowest BCUT2D eigenvalue weighted by Crippen LogP contribution is -2.53. The fourth-order valence-corrected chi connectivity index (χ4v) is 5.68. The summed E-state index contributed by atoms with van der Waals surface area (Å²) in [6.07, 6.45) is 3.79. The van der Waals surface area contributed by atoms with Crippen molar-refractivity contribution in [2.24, 2.45) is 0 Å². The minimum absolute atomic E-state index is 0.150. The molecule has 1 aliphatic carbocycles. The quantitative estimate of drug-likeness (QED) is 0.744. The molecular formula is C23H29N3O4S. The summed E-state index contributed by atoms with van der Waals surface area (Å²) >= 11 is 0. The molecular weight excluding hydrogens is 414 g/mol. The Labute approximate surface area is 184 Å². The fourth-order valence-electron chi connectivity index (χ4n) is 4.21. The highest BCUT2D eigenvalue weighted by Gasteiger charge is 2.30. The molecule has 0 radical (unpaired) electrons. The number of benzene rings is 2. The van der Waals surface area contributed by atoms with Gasteiger partial charge in [0.25, 0.3) is 0 Å². The largest absolute Gasteiger partial charge is 0.497 e. The van der Waals surface area contributed by atoms with Gasteiger partial charge in [0.15, 0.2) is 0 Å². The van der Waals surface area contributed by atoms with Gasteiger partial charge in [-0.1, -0.05) is 18.2 Å². The van der Waals surface area contributed by atoms with E-state index in [2.05, 4.69) is 5.32 Å². The van der Waals surface area contributed by atoms with E-state index < -0.39 is 10.0 Å². The number of nitrogens with one attached hydrogen (secondary N) is 1. The number of hydrogen-bond donors (Lipinski definition) is 1. The minimum Gasteiger partial charge on any atom is -0.497 e. The van der Waals surface area contributed by atoms with Crippen molar-refractivity contribution in [3.05, 3.63) is 59.2 Å². The van der Waals surface area contributed by atoms with Crippen LogP contribution in [0.2, 0.25) is 0 Å².